The number of aliphatic hydroxyl groups is 1. The van der Waals surface area contributed by atoms with Gasteiger partial charge in [-0.15, -0.1) is 0 Å². The Labute approximate surface area is 143 Å². The van der Waals surface area contributed by atoms with Gasteiger partial charge in [0.25, 0.3) is 0 Å². The summed E-state index contributed by atoms with van der Waals surface area (Å²) >= 11 is -1.40. The number of aromatic hydroxyl groups is 1. The van der Waals surface area contributed by atoms with Crippen LogP contribution < -0.4 is 4.74 Å². The maximum atomic E-state index is 12.6. The molecule has 0 fully saturated rings. The zero-order valence-corrected chi connectivity index (χ0v) is 13.8. The highest BCUT2D eigenvalue weighted by atomic mass is 32.2. The first-order chi connectivity index (χ1) is 11.6. The van der Waals surface area contributed by atoms with E-state index in [1.807, 2.05) is 24.3 Å². The lowest BCUT2D eigenvalue weighted by Gasteiger charge is -2.17. The van der Waals surface area contributed by atoms with Gasteiger partial charge in [0, 0.05) is 10.8 Å². The second-order valence-electron chi connectivity index (χ2n) is 5.42. The average Bonchev–Trinajstić information content (AvgIpc) is 2.61. The molecule has 0 saturated carbocycles. The molecule has 0 radical (unpaired) electrons. The number of ether oxygens (including phenoxy) is 1. The molecular weight excluding hydrogens is 324 g/mol. The van der Waals surface area contributed by atoms with Crippen LogP contribution in [0.4, 0.5) is 0 Å². The number of para-hydroxylation sites is 1. The van der Waals surface area contributed by atoms with E-state index in [4.69, 9.17) is 4.74 Å². The quantitative estimate of drug-likeness (QED) is 0.675. The summed E-state index contributed by atoms with van der Waals surface area (Å²) in [5.74, 6) is 0.887. The Balaban J connectivity index is 1.68. The maximum absolute atomic E-state index is 12.6. The van der Waals surface area contributed by atoms with Crippen molar-refractivity contribution in [3.05, 3.63) is 66.7 Å². The number of phenols is 1. The standard InChI is InChI=1S/C19H18O4S/c20-14(12-23-15-6-2-1-3-7-15)13-24(22)19-11-5-8-16-17(19)9-4-10-18(16)21/h1-11,14,20-21H,12-13H2. The van der Waals surface area contributed by atoms with Gasteiger partial charge < -0.3 is 19.5 Å². The number of hydrogen-bond donors (Lipinski definition) is 2. The van der Waals surface area contributed by atoms with Crippen molar-refractivity contribution in [1.29, 1.82) is 0 Å². The minimum atomic E-state index is -1.40. The van der Waals surface area contributed by atoms with Crippen molar-refractivity contribution in [2.24, 2.45) is 0 Å². The second-order valence-corrected chi connectivity index (χ2v) is 6.88. The molecule has 0 aromatic heterocycles. The Kier molecular flexibility index (Phi) is 5.25. The molecule has 0 amide bonds. The van der Waals surface area contributed by atoms with Gasteiger partial charge in [0.1, 0.15) is 30.0 Å². The van der Waals surface area contributed by atoms with E-state index in [1.54, 1.807) is 42.5 Å². The molecule has 0 spiro atoms. The molecule has 24 heavy (non-hydrogen) atoms. The molecule has 2 N–H and O–H groups in total. The smallest absolute Gasteiger partial charge is 0.160 e. The molecule has 2 atom stereocenters. The Morgan fingerprint density at radius 3 is 2.42 bits per heavy atom. The van der Waals surface area contributed by atoms with Gasteiger partial charge in [0.2, 0.25) is 0 Å². The topological polar surface area (TPSA) is 72.8 Å². The predicted octanol–water partition coefficient (Wildman–Crippen LogP) is 3.09. The summed E-state index contributed by atoms with van der Waals surface area (Å²) in [6, 6.07) is 19.6. The molecule has 4 nitrogen and oxygen atoms in total. The minimum absolute atomic E-state index is 0.0710. The Bertz CT molecular complexity index is 807. The third kappa shape index (κ3) is 3.82. The molecule has 0 bridgehead atoms. The van der Waals surface area contributed by atoms with Crippen LogP contribution in [0.25, 0.3) is 10.8 Å². The van der Waals surface area contributed by atoms with Crippen molar-refractivity contribution in [1.82, 2.24) is 0 Å². The summed E-state index contributed by atoms with van der Waals surface area (Å²) in [6.45, 7) is 0.0752. The number of rotatable bonds is 6. The van der Waals surface area contributed by atoms with Gasteiger partial charge in [-0.3, -0.25) is 0 Å². The van der Waals surface area contributed by atoms with Crippen molar-refractivity contribution in [2.45, 2.75) is 11.0 Å². The van der Waals surface area contributed by atoms with Gasteiger partial charge in [-0.05, 0) is 41.5 Å². The molecule has 0 aliphatic rings. The lowest BCUT2D eigenvalue weighted by atomic mass is 10.1. The highest BCUT2D eigenvalue weighted by Gasteiger charge is 2.20. The first-order valence-electron chi connectivity index (χ1n) is 7.60. The molecule has 2 unspecified atom stereocenters. The molecule has 0 saturated heterocycles. The van der Waals surface area contributed by atoms with Crippen molar-refractivity contribution in [2.75, 3.05) is 12.4 Å². The first kappa shape index (κ1) is 16.6. The van der Waals surface area contributed by atoms with Crippen molar-refractivity contribution >= 4 is 21.9 Å². The van der Waals surface area contributed by atoms with Crippen LogP contribution in [0.2, 0.25) is 0 Å². The molecule has 3 aromatic carbocycles. The number of hydrogen-bond acceptors (Lipinski definition) is 4. The molecule has 0 aliphatic carbocycles. The minimum Gasteiger partial charge on any atom is -0.611 e. The van der Waals surface area contributed by atoms with Gasteiger partial charge in [-0.2, -0.15) is 0 Å². The molecule has 124 valence electrons. The highest BCUT2D eigenvalue weighted by Crippen LogP contribution is 2.30. The van der Waals surface area contributed by atoms with Crippen molar-refractivity contribution < 1.29 is 19.5 Å². The Morgan fingerprint density at radius 2 is 1.62 bits per heavy atom. The number of fused-ring (bicyclic) bond motifs is 1. The van der Waals surface area contributed by atoms with E-state index >= 15 is 0 Å². The fourth-order valence-electron chi connectivity index (χ4n) is 2.48. The van der Waals surface area contributed by atoms with Crippen molar-refractivity contribution in [3.8, 4) is 11.5 Å². The van der Waals surface area contributed by atoms with Crippen LogP contribution in [-0.4, -0.2) is 33.2 Å². The van der Waals surface area contributed by atoms with Crippen LogP contribution in [0.3, 0.4) is 0 Å². The fourth-order valence-corrected chi connectivity index (χ4v) is 3.76. The van der Waals surface area contributed by atoms with E-state index in [-0.39, 0.29) is 18.1 Å². The van der Waals surface area contributed by atoms with Crippen LogP contribution in [-0.2, 0) is 11.2 Å². The monoisotopic (exact) mass is 342 g/mol. The van der Waals surface area contributed by atoms with Crippen LogP contribution in [0.1, 0.15) is 0 Å². The molecule has 3 rings (SSSR count). The van der Waals surface area contributed by atoms with Crippen LogP contribution in [0.15, 0.2) is 71.6 Å². The van der Waals surface area contributed by atoms with E-state index in [0.29, 0.717) is 16.0 Å². The van der Waals surface area contributed by atoms with E-state index in [9.17, 15) is 14.8 Å². The summed E-state index contributed by atoms with van der Waals surface area (Å²) < 4.78 is 18.1. The van der Waals surface area contributed by atoms with Gasteiger partial charge in [-0.25, -0.2) is 0 Å². The van der Waals surface area contributed by atoms with Gasteiger partial charge in [-0.1, -0.05) is 36.4 Å². The molecule has 5 heteroatoms. The third-order valence-electron chi connectivity index (χ3n) is 3.63. The number of aliphatic hydroxyl groups excluding tert-OH is 1. The fraction of sp³-hybridized carbons (Fsp3) is 0.158. The van der Waals surface area contributed by atoms with E-state index in [1.165, 1.54) is 0 Å². The summed E-state index contributed by atoms with van der Waals surface area (Å²) in [7, 11) is 0. The lowest BCUT2D eigenvalue weighted by molar-refractivity contribution is 0.125. The number of benzene rings is 3. The van der Waals surface area contributed by atoms with Crippen LogP contribution in [0.5, 0.6) is 11.5 Å². The maximum Gasteiger partial charge on any atom is 0.160 e. The van der Waals surface area contributed by atoms with E-state index in [0.717, 1.165) is 5.39 Å². The normalized spacial score (nSPS) is 13.6. The van der Waals surface area contributed by atoms with Gasteiger partial charge in [0.15, 0.2) is 4.90 Å². The van der Waals surface area contributed by atoms with E-state index in [2.05, 4.69) is 0 Å². The van der Waals surface area contributed by atoms with Crippen molar-refractivity contribution in [3.63, 3.8) is 0 Å². The van der Waals surface area contributed by atoms with Gasteiger partial charge in [0.05, 0.1) is 0 Å². The third-order valence-corrected chi connectivity index (χ3v) is 5.17. The SMILES string of the molecule is [O-][S+](CC(O)COc1ccccc1)c1cccc2c(O)cccc12. The molecule has 0 aliphatic heterocycles. The highest BCUT2D eigenvalue weighted by molar-refractivity contribution is 7.91. The largest absolute Gasteiger partial charge is 0.611 e. The second kappa shape index (κ2) is 7.57. The number of phenolic OH excluding ortho intramolecular Hbond substituents is 1. The predicted molar refractivity (Wildman–Crippen MR) is 94.8 cm³/mol. The Hall–Kier alpha value is -2.21. The first-order valence-corrected chi connectivity index (χ1v) is 8.92. The molecule has 0 heterocycles. The molecule has 3 aromatic rings. The zero-order valence-electron chi connectivity index (χ0n) is 13.0. The summed E-state index contributed by atoms with van der Waals surface area (Å²) in [4.78, 5) is 0.599. The summed E-state index contributed by atoms with van der Waals surface area (Å²) in [5.41, 5.74) is 0. The van der Waals surface area contributed by atoms with Crippen LogP contribution >= 0.6 is 0 Å². The Morgan fingerprint density at radius 1 is 0.917 bits per heavy atom. The lowest BCUT2D eigenvalue weighted by Crippen LogP contribution is -2.27. The summed E-state index contributed by atoms with van der Waals surface area (Å²) in [5, 5.41) is 21.4. The average molecular weight is 342 g/mol. The van der Waals surface area contributed by atoms with E-state index < -0.39 is 17.3 Å². The molecular formula is C19H18O4S. The zero-order chi connectivity index (χ0) is 16.9. The van der Waals surface area contributed by atoms with Crippen LogP contribution in [0, 0.1) is 0 Å². The summed E-state index contributed by atoms with van der Waals surface area (Å²) in [6.07, 6.45) is -0.849. The van der Waals surface area contributed by atoms with Gasteiger partial charge >= 0.3 is 0 Å².